The second-order valence-corrected chi connectivity index (χ2v) is 5.72. The molecule has 20 heavy (non-hydrogen) atoms. The van der Waals surface area contributed by atoms with E-state index in [1.165, 1.54) is 16.7 Å². The van der Waals surface area contributed by atoms with Crippen molar-refractivity contribution in [1.82, 2.24) is 0 Å². The SMILES string of the molecule is Cc1ccc(C(=O)C(C)C(C)c2ccc(C)cc2)cc1. The lowest BCUT2D eigenvalue weighted by molar-refractivity contribution is 0.0915. The first-order chi connectivity index (χ1) is 9.49. The van der Waals surface area contributed by atoms with E-state index in [9.17, 15) is 4.79 Å². The predicted octanol–water partition coefficient (Wildman–Crippen LogP) is 4.93. The van der Waals surface area contributed by atoms with Crippen LogP contribution in [0.25, 0.3) is 0 Å². The number of aryl methyl sites for hydroxylation is 2. The molecule has 0 fully saturated rings. The van der Waals surface area contributed by atoms with Crippen molar-refractivity contribution in [2.75, 3.05) is 0 Å². The number of rotatable bonds is 4. The van der Waals surface area contributed by atoms with Crippen molar-refractivity contribution in [3.63, 3.8) is 0 Å². The summed E-state index contributed by atoms with van der Waals surface area (Å²) in [6.45, 7) is 8.26. The summed E-state index contributed by atoms with van der Waals surface area (Å²) >= 11 is 0. The second kappa shape index (κ2) is 6.04. The van der Waals surface area contributed by atoms with Crippen LogP contribution in [0.3, 0.4) is 0 Å². The number of carbonyl (C=O) groups is 1. The van der Waals surface area contributed by atoms with Crippen molar-refractivity contribution >= 4 is 5.78 Å². The molecule has 0 N–H and O–H groups in total. The Bertz CT molecular complexity index is 578. The van der Waals surface area contributed by atoms with Gasteiger partial charge in [0.15, 0.2) is 5.78 Å². The third-order valence-corrected chi connectivity index (χ3v) is 4.10. The quantitative estimate of drug-likeness (QED) is 0.717. The highest BCUT2D eigenvalue weighted by Crippen LogP contribution is 2.27. The number of benzene rings is 2. The molecule has 0 aromatic heterocycles. The van der Waals surface area contributed by atoms with Gasteiger partial charge in [0.1, 0.15) is 0 Å². The van der Waals surface area contributed by atoms with E-state index in [1.54, 1.807) is 0 Å². The third-order valence-electron chi connectivity index (χ3n) is 4.10. The molecule has 0 saturated carbocycles. The van der Waals surface area contributed by atoms with Crippen LogP contribution >= 0.6 is 0 Å². The van der Waals surface area contributed by atoms with Crippen molar-refractivity contribution in [3.05, 3.63) is 70.8 Å². The van der Waals surface area contributed by atoms with Crippen LogP contribution in [0.1, 0.15) is 46.8 Å². The second-order valence-electron chi connectivity index (χ2n) is 5.72. The Morgan fingerprint density at radius 3 is 1.75 bits per heavy atom. The van der Waals surface area contributed by atoms with Gasteiger partial charge in [-0.3, -0.25) is 4.79 Å². The van der Waals surface area contributed by atoms with Crippen LogP contribution < -0.4 is 0 Å². The van der Waals surface area contributed by atoms with E-state index < -0.39 is 0 Å². The molecule has 0 spiro atoms. The molecule has 2 rings (SSSR count). The van der Waals surface area contributed by atoms with Gasteiger partial charge in [0, 0.05) is 11.5 Å². The van der Waals surface area contributed by atoms with E-state index in [0.29, 0.717) is 0 Å². The molecule has 0 bridgehead atoms. The summed E-state index contributed by atoms with van der Waals surface area (Å²) in [6, 6.07) is 16.3. The lowest BCUT2D eigenvalue weighted by Gasteiger charge is -2.19. The summed E-state index contributed by atoms with van der Waals surface area (Å²) in [5.74, 6) is 0.433. The molecular weight excluding hydrogens is 244 g/mol. The summed E-state index contributed by atoms with van der Waals surface area (Å²) in [4.78, 5) is 12.5. The van der Waals surface area contributed by atoms with Gasteiger partial charge >= 0.3 is 0 Å². The first kappa shape index (κ1) is 14.5. The van der Waals surface area contributed by atoms with Gasteiger partial charge in [-0.25, -0.2) is 0 Å². The van der Waals surface area contributed by atoms with Crippen molar-refractivity contribution in [1.29, 1.82) is 0 Å². The van der Waals surface area contributed by atoms with Gasteiger partial charge in [-0.2, -0.15) is 0 Å². The van der Waals surface area contributed by atoms with E-state index in [0.717, 1.165) is 5.56 Å². The Morgan fingerprint density at radius 2 is 1.25 bits per heavy atom. The Kier molecular flexibility index (Phi) is 4.39. The molecule has 0 aliphatic heterocycles. The summed E-state index contributed by atoms with van der Waals surface area (Å²) < 4.78 is 0. The Morgan fingerprint density at radius 1 is 0.800 bits per heavy atom. The maximum absolute atomic E-state index is 12.5. The average Bonchev–Trinajstić information content (AvgIpc) is 2.46. The molecule has 0 aliphatic rings. The van der Waals surface area contributed by atoms with Gasteiger partial charge in [0.25, 0.3) is 0 Å². The fraction of sp³-hybridized carbons (Fsp3) is 0.316. The van der Waals surface area contributed by atoms with Crippen molar-refractivity contribution in [2.45, 2.75) is 33.6 Å². The first-order valence-electron chi connectivity index (χ1n) is 7.16. The minimum absolute atomic E-state index is 0.0135. The van der Waals surface area contributed by atoms with Crippen LogP contribution in [0.5, 0.6) is 0 Å². The van der Waals surface area contributed by atoms with Crippen molar-refractivity contribution in [3.8, 4) is 0 Å². The van der Waals surface area contributed by atoms with E-state index in [2.05, 4.69) is 38.1 Å². The zero-order valence-electron chi connectivity index (χ0n) is 12.7. The number of carbonyl (C=O) groups excluding carboxylic acids is 1. The van der Waals surface area contributed by atoms with E-state index in [-0.39, 0.29) is 17.6 Å². The predicted molar refractivity (Wildman–Crippen MR) is 84.3 cm³/mol. The van der Waals surface area contributed by atoms with Crippen LogP contribution in [0.2, 0.25) is 0 Å². The van der Waals surface area contributed by atoms with Gasteiger partial charge < -0.3 is 0 Å². The summed E-state index contributed by atoms with van der Waals surface area (Å²) in [7, 11) is 0. The third kappa shape index (κ3) is 3.16. The highest BCUT2D eigenvalue weighted by molar-refractivity contribution is 5.98. The van der Waals surface area contributed by atoms with Crippen LogP contribution in [0.4, 0.5) is 0 Å². The highest BCUT2D eigenvalue weighted by Gasteiger charge is 2.22. The molecule has 0 heterocycles. The Labute approximate surface area is 121 Å². The largest absolute Gasteiger partial charge is 0.294 e. The normalized spacial score (nSPS) is 13.8. The lowest BCUT2D eigenvalue weighted by Crippen LogP contribution is -2.17. The topological polar surface area (TPSA) is 17.1 Å². The Balaban J connectivity index is 2.17. The maximum Gasteiger partial charge on any atom is 0.166 e. The van der Waals surface area contributed by atoms with Crippen LogP contribution in [0.15, 0.2) is 48.5 Å². The molecule has 2 aromatic carbocycles. The van der Waals surface area contributed by atoms with Crippen LogP contribution in [-0.2, 0) is 0 Å². The average molecular weight is 266 g/mol. The smallest absolute Gasteiger partial charge is 0.166 e. The standard InChI is InChI=1S/C19H22O/c1-13-5-9-17(10-6-13)15(3)16(4)19(20)18-11-7-14(2)8-12-18/h5-12,15-16H,1-4H3. The molecule has 0 saturated heterocycles. The van der Waals surface area contributed by atoms with Crippen LogP contribution in [-0.4, -0.2) is 5.78 Å². The zero-order valence-corrected chi connectivity index (χ0v) is 12.7. The molecule has 1 heteroatoms. The monoisotopic (exact) mass is 266 g/mol. The van der Waals surface area contributed by atoms with E-state index in [4.69, 9.17) is 0 Å². The number of hydrogen-bond donors (Lipinski definition) is 0. The number of Topliss-reactive ketones (excluding diaryl/α,β-unsaturated/α-hetero) is 1. The molecule has 2 unspecified atom stereocenters. The summed E-state index contributed by atoms with van der Waals surface area (Å²) in [6.07, 6.45) is 0. The van der Waals surface area contributed by atoms with E-state index in [1.807, 2.05) is 38.1 Å². The fourth-order valence-electron chi connectivity index (χ4n) is 2.37. The molecule has 0 radical (unpaired) electrons. The first-order valence-corrected chi connectivity index (χ1v) is 7.16. The number of hydrogen-bond acceptors (Lipinski definition) is 1. The molecule has 0 aliphatic carbocycles. The summed E-state index contributed by atoms with van der Waals surface area (Å²) in [5.41, 5.74) is 4.46. The molecule has 2 aromatic rings. The van der Waals surface area contributed by atoms with Crippen LogP contribution in [0, 0.1) is 19.8 Å². The van der Waals surface area contributed by atoms with Gasteiger partial charge in [0.05, 0.1) is 0 Å². The maximum atomic E-state index is 12.5. The van der Waals surface area contributed by atoms with Crippen molar-refractivity contribution in [2.24, 2.45) is 5.92 Å². The molecular formula is C19H22O. The molecule has 0 amide bonds. The fourth-order valence-corrected chi connectivity index (χ4v) is 2.37. The molecule has 104 valence electrons. The van der Waals surface area contributed by atoms with E-state index >= 15 is 0 Å². The van der Waals surface area contributed by atoms with Crippen molar-refractivity contribution < 1.29 is 4.79 Å². The minimum atomic E-state index is -0.0135. The number of ketones is 1. The highest BCUT2D eigenvalue weighted by atomic mass is 16.1. The van der Waals surface area contributed by atoms with Gasteiger partial charge in [-0.15, -0.1) is 0 Å². The Hall–Kier alpha value is -1.89. The molecule has 2 atom stereocenters. The van der Waals surface area contributed by atoms with Gasteiger partial charge in [-0.05, 0) is 25.3 Å². The summed E-state index contributed by atoms with van der Waals surface area (Å²) in [5, 5.41) is 0. The molecule has 1 nitrogen and oxygen atoms in total. The zero-order chi connectivity index (χ0) is 14.7. The minimum Gasteiger partial charge on any atom is -0.294 e. The van der Waals surface area contributed by atoms with Gasteiger partial charge in [-0.1, -0.05) is 73.5 Å². The lowest BCUT2D eigenvalue weighted by atomic mass is 9.83. The van der Waals surface area contributed by atoms with Gasteiger partial charge in [0.2, 0.25) is 0 Å².